The molecule has 0 aliphatic rings. The lowest BCUT2D eigenvalue weighted by molar-refractivity contribution is -0.124. The summed E-state index contributed by atoms with van der Waals surface area (Å²) in [5.74, 6) is 0.413. The van der Waals surface area contributed by atoms with Crippen molar-refractivity contribution in [2.75, 3.05) is 19.7 Å². The van der Waals surface area contributed by atoms with E-state index in [1.165, 1.54) is 5.56 Å². The Labute approximate surface area is 177 Å². The van der Waals surface area contributed by atoms with E-state index >= 15 is 0 Å². The van der Waals surface area contributed by atoms with Gasteiger partial charge in [0.15, 0.2) is 6.61 Å². The van der Waals surface area contributed by atoms with Gasteiger partial charge in [0.25, 0.3) is 5.91 Å². The first-order chi connectivity index (χ1) is 14.7. The molecule has 0 spiro atoms. The van der Waals surface area contributed by atoms with Gasteiger partial charge in [-0.3, -0.25) is 9.59 Å². The SMILES string of the molecule is O=C(COc1ccccc1Cc1ccccc1)NCCNC(=O)Cc1ccccc1. The Morgan fingerprint density at radius 3 is 1.93 bits per heavy atom. The fourth-order valence-corrected chi connectivity index (χ4v) is 3.05. The smallest absolute Gasteiger partial charge is 0.258 e. The van der Waals surface area contributed by atoms with E-state index in [0.717, 1.165) is 17.5 Å². The topological polar surface area (TPSA) is 67.4 Å². The van der Waals surface area contributed by atoms with Gasteiger partial charge >= 0.3 is 0 Å². The van der Waals surface area contributed by atoms with Crippen molar-refractivity contribution in [3.8, 4) is 5.75 Å². The second-order valence-corrected chi connectivity index (χ2v) is 6.92. The van der Waals surface area contributed by atoms with E-state index in [0.29, 0.717) is 25.3 Å². The Bertz CT molecular complexity index is 943. The molecule has 0 aromatic heterocycles. The van der Waals surface area contributed by atoms with Crippen LogP contribution >= 0.6 is 0 Å². The number of benzene rings is 3. The lowest BCUT2D eigenvalue weighted by Gasteiger charge is -2.12. The van der Waals surface area contributed by atoms with Crippen molar-refractivity contribution in [2.24, 2.45) is 0 Å². The molecule has 3 rings (SSSR count). The minimum absolute atomic E-state index is 0.0657. The summed E-state index contributed by atoms with van der Waals surface area (Å²) in [7, 11) is 0. The number of hydrogen-bond acceptors (Lipinski definition) is 3. The molecular weight excluding hydrogens is 376 g/mol. The number of carbonyl (C=O) groups excluding carboxylic acids is 2. The molecule has 0 bridgehead atoms. The molecule has 2 amide bonds. The van der Waals surface area contributed by atoms with Crippen molar-refractivity contribution in [3.63, 3.8) is 0 Å². The maximum Gasteiger partial charge on any atom is 0.258 e. The van der Waals surface area contributed by atoms with Gasteiger partial charge in [-0.2, -0.15) is 0 Å². The summed E-state index contributed by atoms with van der Waals surface area (Å²) in [6, 6.07) is 27.4. The van der Waals surface area contributed by atoms with E-state index in [9.17, 15) is 9.59 Å². The minimum Gasteiger partial charge on any atom is -0.483 e. The quantitative estimate of drug-likeness (QED) is 0.512. The van der Waals surface area contributed by atoms with E-state index < -0.39 is 0 Å². The third-order valence-electron chi connectivity index (χ3n) is 4.55. The number of hydrogen-bond donors (Lipinski definition) is 2. The predicted molar refractivity (Wildman–Crippen MR) is 117 cm³/mol. The molecule has 0 aliphatic carbocycles. The zero-order valence-corrected chi connectivity index (χ0v) is 16.8. The predicted octanol–water partition coefficient (Wildman–Crippen LogP) is 3.13. The van der Waals surface area contributed by atoms with Gasteiger partial charge in [-0.25, -0.2) is 0 Å². The molecule has 0 heterocycles. The van der Waals surface area contributed by atoms with Crippen molar-refractivity contribution in [2.45, 2.75) is 12.8 Å². The average Bonchev–Trinajstić information content (AvgIpc) is 2.77. The van der Waals surface area contributed by atoms with Gasteiger partial charge in [0.1, 0.15) is 5.75 Å². The molecule has 0 radical (unpaired) electrons. The van der Waals surface area contributed by atoms with Crippen LogP contribution in [-0.2, 0) is 22.4 Å². The molecule has 30 heavy (non-hydrogen) atoms. The summed E-state index contributed by atoms with van der Waals surface area (Å²) in [6.07, 6.45) is 1.07. The number of para-hydroxylation sites is 1. The highest BCUT2D eigenvalue weighted by Gasteiger charge is 2.08. The van der Waals surface area contributed by atoms with E-state index in [1.807, 2.05) is 72.8 Å². The van der Waals surface area contributed by atoms with E-state index in [-0.39, 0.29) is 18.4 Å². The van der Waals surface area contributed by atoms with Crippen molar-refractivity contribution in [1.82, 2.24) is 10.6 Å². The zero-order valence-electron chi connectivity index (χ0n) is 16.8. The van der Waals surface area contributed by atoms with Crippen molar-refractivity contribution in [1.29, 1.82) is 0 Å². The Hall–Kier alpha value is -3.60. The third kappa shape index (κ3) is 7.09. The Morgan fingerprint density at radius 1 is 0.667 bits per heavy atom. The summed E-state index contributed by atoms with van der Waals surface area (Å²) in [5, 5.41) is 5.56. The van der Waals surface area contributed by atoms with Crippen LogP contribution in [0.15, 0.2) is 84.9 Å². The maximum absolute atomic E-state index is 12.1. The van der Waals surface area contributed by atoms with E-state index in [4.69, 9.17) is 4.74 Å². The van der Waals surface area contributed by atoms with Crippen LogP contribution in [0.4, 0.5) is 0 Å². The number of amides is 2. The summed E-state index contributed by atoms with van der Waals surface area (Å²) in [6.45, 7) is 0.667. The highest BCUT2D eigenvalue weighted by molar-refractivity contribution is 5.79. The van der Waals surface area contributed by atoms with Crippen LogP contribution in [0.1, 0.15) is 16.7 Å². The maximum atomic E-state index is 12.1. The van der Waals surface area contributed by atoms with Gasteiger partial charge in [-0.05, 0) is 22.8 Å². The molecule has 3 aromatic carbocycles. The second-order valence-electron chi connectivity index (χ2n) is 6.92. The molecule has 0 aliphatic heterocycles. The Kier molecular flexibility index (Phi) is 8.03. The first-order valence-electron chi connectivity index (χ1n) is 10.0. The minimum atomic E-state index is -0.221. The fourth-order valence-electron chi connectivity index (χ4n) is 3.05. The molecule has 5 nitrogen and oxygen atoms in total. The number of carbonyl (C=O) groups is 2. The molecule has 0 saturated heterocycles. The number of ether oxygens (including phenoxy) is 1. The van der Waals surface area contributed by atoms with E-state index in [2.05, 4.69) is 22.8 Å². The van der Waals surface area contributed by atoms with Crippen molar-refractivity contribution < 1.29 is 14.3 Å². The highest BCUT2D eigenvalue weighted by atomic mass is 16.5. The molecule has 0 atom stereocenters. The zero-order chi connectivity index (χ0) is 21.0. The Balaban J connectivity index is 1.37. The average molecular weight is 402 g/mol. The van der Waals surface area contributed by atoms with Gasteiger partial charge in [0.05, 0.1) is 6.42 Å². The van der Waals surface area contributed by atoms with E-state index in [1.54, 1.807) is 0 Å². The molecule has 0 saturated carbocycles. The van der Waals surface area contributed by atoms with Crippen LogP contribution in [0, 0.1) is 0 Å². The highest BCUT2D eigenvalue weighted by Crippen LogP contribution is 2.21. The van der Waals surface area contributed by atoms with Gasteiger partial charge < -0.3 is 15.4 Å². The first kappa shape index (κ1) is 21.1. The summed E-state index contributed by atoms with van der Waals surface area (Å²) >= 11 is 0. The molecule has 0 fully saturated rings. The van der Waals surface area contributed by atoms with Gasteiger partial charge in [-0.15, -0.1) is 0 Å². The van der Waals surface area contributed by atoms with Gasteiger partial charge in [-0.1, -0.05) is 78.9 Å². The largest absolute Gasteiger partial charge is 0.483 e. The summed E-state index contributed by atoms with van der Waals surface area (Å²) in [4.78, 5) is 24.0. The third-order valence-corrected chi connectivity index (χ3v) is 4.55. The normalized spacial score (nSPS) is 10.3. The van der Waals surface area contributed by atoms with Crippen molar-refractivity contribution >= 4 is 11.8 Å². The summed E-state index contributed by atoms with van der Waals surface area (Å²) in [5.41, 5.74) is 3.18. The molecule has 3 aromatic rings. The van der Waals surface area contributed by atoms with Crippen LogP contribution < -0.4 is 15.4 Å². The van der Waals surface area contributed by atoms with Crippen molar-refractivity contribution in [3.05, 3.63) is 102 Å². The molecule has 2 N–H and O–H groups in total. The summed E-state index contributed by atoms with van der Waals surface area (Å²) < 4.78 is 5.73. The van der Waals surface area contributed by atoms with Crippen LogP contribution in [0.25, 0.3) is 0 Å². The number of nitrogens with one attached hydrogen (secondary N) is 2. The second kappa shape index (κ2) is 11.4. The molecule has 5 heteroatoms. The van der Waals surface area contributed by atoms with Gasteiger partial charge in [0.2, 0.25) is 5.91 Å². The molecule has 0 unspecified atom stereocenters. The van der Waals surface area contributed by atoms with Gasteiger partial charge in [0, 0.05) is 19.5 Å². The van der Waals surface area contributed by atoms with Crippen LogP contribution in [0.5, 0.6) is 5.75 Å². The van der Waals surface area contributed by atoms with Crippen LogP contribution in [0.2, 0.25) is 0 Å². The first-order valence-corrected chi connectivity index (χ1v) is 10.0. The monoisotopic (exact) mass is 402 g/mol. The lowest BCUT2D eigenvalue weighted by atomic mass is 10.0. The van der Waals surface area contributed by atoms with Crippen LogP contribution in [-0.4, -0.2) is 31.5 Å². The van der Waals surface area contributed by atoms with Crippen LogP contribution in [0.3, 0.4) is 0 Å². The lowest BCUT2D eigenvalue weighted by Crippen LogP contribution is -2.37. The number of rotatable bonds is 10. The fraction of sp³-hybridized carbons (Fsp3) is 0.200. The standard InChI is InChI=1S/C25H26N2O3/c28-24(18-21-11-5-2-6-12-21)26-15-16-27-25(29)19-30-23-14-8-7-13-22(23)17-20-9-3-1-4-10-20/h1-14H,15-19H2,(H,26,28)(H,27,29). The molecule has 154 valence electrons. The Morgan fingerprint density at radius 2 is 1.23 bits per heavy atom. The molecular formula is C25H26N2O3.